The number of nitrogens with zero attached hydrogens (tertiary/aromatic N) is 3. The van der Waals surface area contributed by atoms with E-state index in [9.17, 15) is 0 Å². The van der Waals surface area contributed by atoms with Crippen molar-refractivity contribution in [1.82, 2.24) is 9.55 Å². The molecule has 2 aromatic carbocycles. The molecule has 0 spiro atoms. The van der Waals surface area contributed by atoms with Crippen LogP contribution in [0.2, 0.25) is 0 Å². The standard InChI is InChI=1S/C22H21N3/c1-23-22(18-8-4-2-5-9-18,19-10-6-3-7-11-19)20-12-13-21(16-20)25-15-14-24-17-25/h2-11,14-15,17,20-21H,12-13,16H2/t20?,21-/m0/s1. The minimum absolute atomic E-state index is 0.294. The SMILES string of the molecule is [C-]#[N+]C(c1ccccc1)(c1ccccc1)C1CC[C@H](n2ccnc2)C1. The summed E-state index contributed by atoms with van der Waals surface area (Å²) < 4.78 is 2.20. The Morgan fingerprint density at radius 2 is 1.60 bits per heavy atom. The van der Waals surface area contributed by atoms with Gasteiger partial charge in [-0.05, 0) is 19.3 Å². The zero-order valence-corrected chi connectivity index (χ0v) is 14.1. The van der Waals surface area contributed by atoms with Gasteiger partial charge in [-0.15, -0.1) is 0 Å². The van der Waals surface area contributed by atoms with E-state index in [-0.39, 0.29) is 0 Å². The molecule has 2 atom stereocenters. The fourth-order valence-corrected chi connectivity index (χ4v) is 4.34. The van der Waals surface area contributed by atoms with Crippen molar-refractivity contribution in [2.45, 2.75) is 30.8 Å². The molecular formula is C22H21N3. The van der Waals surface area contributed by atoms with Gasteiger partial charge in [-0.25, -0.2) is 11.6 Å². The molecule has 0 radical (unpaired) electrons. The van der Waals surface area contributed by atoms with Gasteiger partial charge >= 0.3 is 0 Å². The minimum Gasteiger partial charge on any atom is -0.334 e. The van der Waals surface area contributed by atoms with Crippen molar-refractivity contribution >= 4 is 0 Å². The Morgan fingerprint density at radius 1 is 0.960 bits per heavy atom. The fraction of sp³-hybridized carbons (Fsp3) is 0.273. The third-order valence-electron chi connectivity index (χ3n) is 5.55. The third kappa shape index (κ3) is 2.64. The van der Waals surface area contributed by atoms with Crippen LogP contribution in [-0.2, 0) is 5.54 Å². The average Bonchev–Trinajstić information content (AvgIpc) is 3.37. The predicted octanol–water partition coefficient (Wildman–Crippen LogP) is 5.09. The van der Waals surface area contributed by atoms with Crippen LogP contribution in [0.3, 0.4) is 0 Å². The smallest absolute Gasteiger partial charge is 0.285 e. The molecule has 0 saturated heterocycles. The Hall–Kier alpha value is -2.86. The Balaban J connectivity index is 1.78. The topological polar surface area (TPSA) is 22.2 Å². The molecule has 3 aromatic rings. The minimum atomic E-state index is -0.613. The van der Waals surface area contributed by atoms with E-state index in [1.807, 2.05) is 55.1 Å². The van der Waals surface area contributed by atoms with E-state index in [1.165, 1.54) is 0 Å². The summed E-state index contributed by atoms with van der Waals surface area (Å²) in [7, 11) is 0. The fourth-order valence-electron chi connectivity index (χ4n) is 4.34. The van der Waals surface area contributed by atoms with Crippen LogP contribution in [0.15, 0.2) is 79.4 Å². The maximum Gasteiger partial charge on any atom is 0.285 e. The van der Waals surface area contributed by atoms with Gasteiger partial charge < -0.3 is 4.57 Å². The van der Waals surface area contributed by atoms with Crippen LogP contribution in [0.5, 0.6) is 0 Å². The second-order valence-corrected chi connectivity index (χ2v) is 6.78. The van der Waals surface area contributed by atoms with E-state index in [0.717, 1.165) is 30.4 Å². The molecule has 1 aliphatic carbocycles. The first-order valence-corrected chi connectivity index (χ1v) is 8.81. The summed E-state index contributed by atoms with van der Waals surface area (Å²) in [6, 6.07) is 21.1. The molecule has 3 nitrogen and oxygen atoms in total. The maximum atomic E-state index is 8.19. The van der Waals surface area contributed by atoms with Gasteiger partial charge in [0, 0.05) is 35.5 Å². The summed E-state index contributed by atoms with van der Waals surface area (Å²) in [6.45, 7) is 8.19. The number of imidazole rings is 1. The van der Waals surface area contributed by atoms with Gasteiger partial charge in [-0.1, -0.05) is 60.7 Å². The van der Waals surface area contributed by atoms with Gasteiger partial charge in [0.05, 0.1) is 6.33 Å². The van der Waals surface area contributed by atoms with Gasteiger partial charge in [0.1, 0.15) is 0 Å². The summed E-state index contributed by atoms with van der Waals surface area (Å²) in [4.78, 5) is 8.48. The van der Waals surface area contributed by atoms with E-state index >= 15 is 0 Å². The highest BCUT2D eigenvalue weighted by molar-refractivity contribution is 5.43. The molecule has 0 bridgehead atoms. The number of rotatable bonds is 4. The lowest BCUT2D eigenvalue weighted by Gasteiger charge is -2.29. The number of aromatic nitrogens is 2. The second-order valence-electron chi connectivity index (χ2n) is 6.78. The molecule has 0 amide bonds. The van der Waals surface area contributed by atoms with Crippen LogP contribution in [0.4, 0.5) is 0 Å². The third-order valence-corrected chi connectivity index (χ3v) is 5.55. The number of hydrogen-bond donors (Lipinski definition) is 0. The lowest BCUT2D eigenvalue weighted by molar-refractivity contribution is 0.371. The molecule has 124 valence electrons. The van der Waals surface area contributed by atoms with Gasteiger partial charge in [0.15, 0.2) is 0 Å². The average molecular weight is 327 g/mol. The van der Waals surface area contributed by atoms with Gasteiger partial charge in [-0.3, -0.25) is 4.85 Å². The molecule has 1 saturated carbocycles. The highest BCUT2D eigenvalue weighted by Crippen LogP contribution is 2.50. The molecule has 25 heavy (non-hydrogen) atoms. The van der Waals surface area contributed by atoms with E-state index in [0.29, 0.717) is 12.0 Å². The van der Waals surface area contributed by atoms with E-state index in [2.05, 4.69) is 38.7 Å². The molecule has 4 rings (SSSR count). The number of hydrogen-bond acceptors (Lipinski definition) is 1. The first kappa shape index (κ1) is 15.7. The highest BCUT2D eigenvalue weighted by Gasteiger charge is 2.51. The maximum absolute atomic E-state index is 8.19. The van der Waals surface area contributed by atoms with Crippen molar-refractivity contribution < 1.29 is 0 Å². The lowest BCUT2D eigenvalue weighted by atomic mass is 9.72. The second kappa shape index (κ2) is 6.57. The largest absolute Gasteiger partial charge is 0.334 e. The monoisotopic (exact) mass is 327 g/mol. The van der Waals surface area contributed by atoms with Crippen molar-refractivity contribution in [1.29, 1.82) is 0 Å². The van der Waals surface area contributed by atoms with Crippen LogP contribution in [0, 0.1) is 12.5 Å². The molecule has 3 heteroatoms. The Labute approximate surface area is 148 Å². The van der Waals surface area contributed by atoms with Crippen LogP contribution < -0.4 is 0 Å². The first-order chi connectivity index (χ1) is 12.3. The summed E-state index contributed by atoms with van der Waals surface area (Å²) in [5.74, 6) is 0.294. The number of benzene rings is 2. The van der Waals surface area contributed by atoms with Crippen LogP contribution in [-0.4, -0.2) is 9.55 Å². The van der Waals surface area contributed by atoms with Crippen LogP contribution in [0.1, 0.15) is 36.4 Å². The van der Waals surface area contributed by atoms with Crippen molar-refractivity contribution in [3.8, 4) is 0 Å². The van der Waals surface area contributed by atoms with Crippen LogP contribution in [0.25, 0.3) is 4.85 Å². The van der Waals surface area contributed by atoms with Crippen molar-refractivity contribution in [3.05, 3.63) is 102 Å². The Kier molecular flexibility index (Phi) is 4.11. The van der Waals surface area contributed by atoms with Crippen molar-refractivity contribution in [3.63, 3.8) is 0 Å². The quantitative estimate of drug-likeness (QED) is 0.612. The first-order valence-electron chi connectivity index (χ1n) is 8.81. The zero-order valence-electron chi connectivity index (χ0n) is 14.1. The van der Waals surface area contributed by atoms with Crippen molar-refractivity contribution in [2.24, 2.45) is 5.92 Å². The Bertz CT molecular complexity index is 808. The summed E-state index contributed by atoms with van der Waals surface area (Å²) in [5, 5.41) is 0. The molecular weight excluding hydrogens is 306 g/mol. The molecule has 1 aliphatic rings. The molecule has 1 unspecified atom stereocenters. The van der Waals surface area contributed by atoms with Crippen molar-refractivity contribution in [2.75, 3.05) is 0 Å². The summed E-state index contributed by atoms with van der Waals surface area (Å²) in [6.07, 6.45) is 8.93. The molecule has 1 heterocycles. The normalized spacial score (nSPS) is 20.3. The zero-order chi connectivity index (χ0) is 17.1. The summed E-state index contributed by atoms with van der Waals surface area (Å²) in [5.41, 5.74) is 1.60. The van der Waals surface area contributed by atoms with E-state index < -0.39 is 5.54 Å². The highest BCUT2D eigenvalue weighted by atomic mass is 15.1. The molecule has 1 fully saturated rings. The molecule has 0 N–H and O–H groups in total. The van der Waals surface area contributed by atoms with E-state index in [4.69, 9.17) is 6.57 Å². The van der Waals surface area contributed by atoms with E-state index in [1.54, 1.807) is 0 Å². The molecule has 0 aliphatic heterocycles. The molecule has 1 aromatic heterocycles. The van der Waals surface area contributed by atoms with Gasteiger partial charge in [0.2, 0.25) is 0 Å². The lowest BCUT2D eigenvalue weighted by Crippen LogP contribution is -2.32. The van der Waals surface area contributed by atoms with Gasteiger partial charge in [-0.2, -0.15) is 0 Å². The predicted molar refractivity (Wildman–Crippen MR) is 98.9 cm³/mol. The van der Waals surface area contributed by atoms with Crippen LogP contribution >= 0.6 is 0 Å². The summed E-state index contributed by atoms with van der Waals surface area (Å²) >= 11 is 0. The van der Waals surface area contributed by atoms with Gasteiger partial charge in [0.25, 0.3) is 5.54 Å². The Morgan fingerprint density at radius 3 is 2.12 bits per heavy atom.